The van der Waals surface area contributed by atoms with Crippen molar-refractivity contribution in [3.8, 4) is 11.5 Å². The van der Waals surface area contributed by atoms with Crippen LogP contribution in [0.25, 0.3) is 0 Å². The van der Waals surface area contributed by atoms with Gasteiger partial charge in [-0.1, -0.05) is 15.9 Å². The fourth-order valence-corrected chi connectivity index (χ4v) is 3.00. The van der Waals surface area contributed by atoms with E-state index in [0.717, 1.165) is 15.8 Å². The molecule has 0 spiro atoms. The first-order valence-corrected chi connectivity index (χ1v) is 8.62. The van der Waals surface area contributed by atoms with Gasteiger partial charge < -0.3 is 14.8 Å². The van der Waals surface area contributed by atoms with Crippen LogP contribution in [0, 0.1) is 5.82 Å². The van der Waals surface area contributed by atoms with E-state index in [0.29, 0.717) is 31.2 Å². The first-order valence-electron chi connectivity index (χ1n) is 7.83. The summed E-state index contributed by atoms with van der Waals surface area (Å²) in [6.45, 7) is 1.85. The quantitative estimate of drug-likeness (QED) is 0.823. The first kappa shape index (κ1) is 17.7. The van der Waals surface area contributed by atoms with Gasteiger partial charge in [-0.25, -0.2) is 4.39 Å². The Morgan fingerprint density at radius 1 is 1.20 bits per heavy atom. The number of fused-ring (bicyclic) bond motifs is 1. The molecule has 0 aromatic heterocycles. The van der Waals surface area contributed by atoms with Crippen LogP contribution in [0.15, 0.2) is 40.9 Å². The molecule has 25 heavy (non-hydrogen) atoms. The molecule has 0 aliphatic carbocycles. The molecule has 0 saturated carbocycles. The number of amides is 1. The second-order valence-corrected chi connectivity index (χ2v) is 6.67. The second-order valence-electron chi connectivity index (χ2n) is 5.81. The third-order valence-electron chi connectivity index (χ3n) is 3.69. The average molecular weight is 409 g/mol. The van der Waals surface area contributed by atoms with Crippen molar-refractivity contribution >= 4 is 27.5 Å². The van der Waals surface area contributed by atoms with Crippen LogP contribution in [0.1, 0.15) is 5.56 Å². The van der Waals surface area contributed by atoms with Crippen LogP contribution >= 0.6 is 15.9 Å². The van der Waals surface area contributed by atoms with Crippen molar-refractivity contribution in [3.05, 3.63) is 52.3 Å². The van der Waals surface area contributed by atoms with E-state index in [1.54, 1.807) is 0 Å². The number of ether oxygens (including phenoxy) is 2. The molecule has 7 heteroatoms. The van der Waals surface area contributed by atoms with Gasteiger partial charge in [0.15, 0.2) is 11.5 Å². The van der Waals surface area contributed by atoms with E-state index in [4.69, 9.17) is 9.47 Å². The summed E-state index contributed by atoms with van der Waals surface area (Å²) in [6.07, 6.45) is 0. The fraction of sp³-hybridized carbons (Fsp3) is 0.278. The van der Waals surface area contributed by atoms with Gasteiger partial charge in [-0.05, 0) is 49.0 Å². The van der Waals surface area contributed by atoms with Crippen molar-refractivity contribution in [1.82, 2.24) is 4.90 Å². The van der Waals surface area contributed by atoms with E-state index in [9.17, 15) is 9.18 Å². The molecule has 0 fully saturated rings. The van der Waals surface area contributed by atoms with Gasteiger partial charge >= 0.3 is 0 Å². The lowest BCUT2D eigenvalue weighted by atomic mass is 10.2. The molecule has 2 aromatic carbocycles. The summed E-state index contributed by atoms with van der Waals surface area (Å²) in [5.41, 5.74) is 1.57. The highest BCUT2D eigenvalue weighted by atomic mass is 79.9. The van der Waals surface area contributed by atoms with Crippen LogP contribution in [-0.4, -0.2) is 37.6 Å². The van der Waals surface area contributed by atoms with Crippen molar-refractivity contribution in [2.24, 2.45) is 0 Å². The molecule has 2 aromatic rings. The summed E-state index contributed by atoms with van der Waals surface area (Å²) < 4.78 is 24.9. The number of rotatable bonds is 5. The maximum atomic E-state index is 12.9. The summed E-state index contributed by atoms with van der Waals surface area (Å²) >= 11 is 3.53. The molecule has 0 atom stereocenters. The van der Waals surface area contributed by atoms with Crippen LogP contribution < -0.4 is 14.8 Å². The number of nitrogens with zero attached hydrogens (tertiary/aromatic N) is 1. The van der Waals surface area contributed by atoms with E-state index in [-0.39, 0.29) is 18.3 Å². The first-order chi connectivity index (χ1) is 12.0. The maximum Gasteiger partial charge on any atom is 0.238 e. The molecule has 1 aliphatic rings. The Kier molecular flexibility index (Phi) is 5.55. The molecule has 3 rings (SSSR count). The lowest BCUT2D eigenvalue weighted by Crippen LogP contribution is -2.30. The molecule has 132 valence electrons. The molecular weight excluding hydrogens is 391 g/mol. The zero-order valence-electron chi connectivity index (χ0n) is 13.7. The molecular formula is C18H18BrFN2O3. The van der Waals surface area contributed by atoms with Gasteiger partial charge in [-0.3, -0.25) is 9.69 Å². The van der Waals surface area contributed by atoms with Gasteiger partial charge in [0.1, 0.15) is 19.0 Å². The van der Waals surface area contributed by atoms with Crippen molar-refractivity contribution in [1.29, 1.82) is 0 Å². The summed E-state index contributed by atoms with van der Waals surface area (Å²) in [7, 11) is 1.85. The van der Waals surface area contributed by atoms with Crippen LogP contribution in [0.2, 0.25) is 0 Å². The molecule has 1 amide bonds. The predicted molar refractivity (Wildman–Crippen MR) is 96.5 cm³/mol. The molecule has 0 unspecified atom stereocenters. The van der Waals surface area contributed by atoms with Crippen LogP contribution in [0.4, 0.5) is 10.1 Å². The largest absolute Gasteiger partial charge is 0.486 e. The minimum atomic E-state index is -0.335. The van der Waals surface area contributed by atoms with E-state index in [2.05, 4.69) is 21.2 Å². The third-order valence-corrected chi connectivity index (χ3v) is 4.43. The van der Waals surface area contributed by atoms with Gasteiger partial charge in [0.2, 0.25) is 5.91 Å². The smallest absolute Gasteiger partial charge is 0.238 e. The van der Waals surface area contributed by atoms with Crippen molar-refractivity contribution in [3.63, 3.8) is 0 Å². The number of hydrogen-bond donors (Lipinski definition) is 1. The summed E-state index contributed by atoms with van der Waals surface area (Å²) in [4.78, 5) is 14.0. The number of likely N-dealkylation sites (N-methyl/N-ethyl adjacent to an activating group) is 1. The molecule has 1 N–H and O–H groups in total. The van der Waals surface area contributed by atoms with E-state index >= 15 is 0 Å². The highest BCUT2D eigenvalue weighted by Gasteiger charge is 2.16. The summed E-state index contributed by atoms with van der Waals surface area (Å²) in [6, 6.07) is 9.50. The highest BCUT2D eigenvalue weighted by Crippen LogP contribution is 2.35. The Morgan fingerprint density at radius 3 is 2.52 bits per heavy atom. The molecule has 0 bridgehead atoms. The topological polar surface area (TPSA) is 50.8 Å². The normalized spacial score (nSPS) is 13.0. The third kappa shape index (κ3) is 4.70. The lowest BCUT2D eigenvalue weighted by molar-refractivity contribution is -0.117. The lowest BCUT2D eigenvalue weighted by Gasteiger charge is -2.22. The van der Waals surface area contributed by atoms with Crippen molar-refractivity contribution in [2.45, 2.75) is 6.54 Å². The monoisotopic (exact) mass is 408 g/mol. The minimum Gasteiger partial charge on any atom is -0.486 e. The molecule has 5 nitrogen and oxygen atoms in total. The highest BCUT2D eigenvalue weighted by molar-refractivity contribution is 9.10. The Bertz CT molecular complexity index is 768. The van der Waals surface area contributed by atoms with Crippen LogP contribution in [0.5, 0.6) is 11.5 Å². The van der Waals surface area contributed by atoms with E-state index in [1.807, 2.05) is 24.1 Å². The zero-order valence-corrected chi connectivity index (χ0v) is 15.3. The number of anilines is 1. The second kappa shape index (κ2) is 7.84. The molecule has 1 aliphatic heterocycles. The maximum absolute atomic E-state index is 12.9. The minimum absolute atomic E-state index is 0.164. The van der Waals surface area contributed by atoms with E-state index < -0.39 is 0 Å². The Balaban J connectivity index is 1.59. The van der Waals surface area contributed by atoms with Crippen LogP contribution in [-0.2, 0) is 11.3 Å². The van der Waals surface area contributed by atoms with Gasteiger partial charge in [0.05, 0.1) is 6.54 Å². The Morgan fingerprint density at radius 2 is 1.84 bits per heavy atom. The average Bonchev–Trinajstić information content (AvgIpc) is 2.57. The summed E-state index contributed by atoms with van der Waals surface area (Å²) in [5.74, 6) is 0.938. The zero-order chi connectivity index (χ0) is 17.8. The SMILES string of the molecule is CN(CC(=O)Nc1ccc(F)cc1)Cc1cc2c(cc1Br)OCCO2. The van der Waals surface area contributed by atoms with Crippen molar-refractivity contribution < 1.29 is 18.7 Å². The Hall–Kier alpha value is -2.12. The molecule has 1 heterocycles. The number of benzene rings is 2. The molecule has 0 saturated heterocycles. The predicted octanol–water partition coefficient (Wildman–Crippen LogP) is 3.43. The number of carbonyl (C=O) groups excluding carboxylic acids is 1. The van der Waals surface area contributed by atoms with E-state index in [1.165, 1.54) is 24.3 Å². The number of nitrogens with one attached hydrogen (secondary N) is 1. The number of carbonyl (C=O) groups is 1. The van der Waals surface area contributed by atoms with Crippen molar-refractivity contribution in [2.75, 3.05) is 32.1 Å². The van der Waals surface area contributed by atoms with Gasteiger partial charge in [-0.15, -0.1) is 0 Å². The fourth-order valence-electron chi connectivity index (χ4n) is 2.55. The molecule has 0 radical (unpaired) electrons. The number of halogens is 2. The summed E-state index contributed by atoms with van der Waals surface area (Å²) in [5, 5.41) is 2.75. The van der Waals surface area contributed by atoms with Crippen LogP contribution in [0.3, 0.4) is 0 Å². The number of hydrogen-bond acceptors (Lipinski definition) is 4. The van der Waals surface area contributed by atoms with Gasteiger partial charge in [-0.2, -0.15) is 0 Å². The standard InChI is InChI=1S/C18H18BrFN2O3/c1-22(11-18(23)21-14-4-2-13(20)3-5-14)10-12-8-16-17(9-15(12)19)25-7-6-24-16/h2-5,8-9H,6-7,10-11H2,1H3,(H,21,23). The van der Waals surface area contributed by atoms with Gasteiger partial charge in [0, 0.05) is 16.7 Å². The Labute approximate surface area is 153 Å². The van der Waals surface area contributed by atoms with Gasteiger partial charge in [0.25, 0.3) is 0 Å².